The van der Waals surface area contributed by atoms with Crippen LogP contribution in [0.3, 0.4) is 0 Å². The van der Waals surface area contributed by atoms with E-state index in [2.05, 4.69) is 15.2 Å². The molecule has 7 nitrogen and oxygen atoms in total. The number of carbonyl (C=O) groups is 1. The van der Waals surface area contributed by atoms with Gasteiger partial charge >= 0.3 is 6.09 Å². The normalized spacial score (nSPS) is 11.3. The first kappa shape index (κ1) is 14.7. The summed E-state index contributed by atoms with van der Waals surface area (Å²) in [5, 5.41) is 14.1. The van der Waals surface area contributed by atoms with E-state index in [4.69, 9.17) is 16.7 Å². The van der Waals surface area contributed by atoms with E-state index in [-0.39, 0.29) is 19.0 Å². The lowest BCUT2D eigenvalue weighted by molar-refractivity contribution is 0.157. The van der Waals surface area contributed by atoms with E-state index in [9.17, 15) is 9.18 Å². The van der Waals surface area contributed by atoms with Crippen LogP contribution in [0.25, 0.3) is 0 Å². The SMILES string of the molecule is NC(=O)OCCNCc1ccc(/C(N)=N/O)cc1F. The second kappa shape index (κ2) is 7.17. The van der Waals surface area contributed by atoms with Crippen LogP contribution in [-0.4, -0.2) is 30.3 Å². The minimum atomic E-state index is -0.851. The van der Waals surface area contributed by atoms with Gasteiger partial charge in [0.1, 0.15) is 12.4 Å². The van der Waals surface area contributed by atoms with Crippen LogP contribution in [0.5, 0.6) is 0 Å². The molecule has 19 heavy (non-hydrogen) atoms. The van der Waals surface area contributed by atoms with Gasteiger partial charge in [-0.05, 0) is 6.07 Å². The molecule has 0 radical (unpaired) electrons. The molecule has 104 valence electrons. The zero-order chi connectivity index (χ0) is 14.3. The Labute approximate surface area is 109 Å². The molecule has 0 saturated carbocycles. The Morgan fingerprint density at radius 2 is 2.21 bits per heavy atom. The van der Waals surface area contributed by atoms with Crippen molar-refractivity contribution >= 4 is 11.9 Å². The third-order valence-corrected chi connectivity index (χ3v) is 2.30. The summed E-state index contributed by atoms with van der Waals surface area (Å²) in [5.41, 5.74) is 10.8. The molecule has 0 bridgehead atoms. The van der Waals surface area contributed by atoms with Crippen molar-refractivity contribution in [1.29, 1.82) is 0 Å². The summed E-state index contributed by atoms with van der Waals surface area (Å²) >= 11 is 0. The summed E-state index contributed by atoms with van der Waals surface area (Å²) in [7, 11) is 0. The van der Waals surface area contributed by atoms with E-state index < -0.39 is 11.9 Å². The fourth-order valence-electron chi connectivity index (χ4n) is 1.35. The van der Waals surface area contributed by atoms with Crippen LogP contribution >= 0.6 is 0 Å². The topological polar surface area (TPSA) is 123 Å². The molecule has 8 heteroatoms. The Kier molecular flexibility index (Phi) is 5.55. The van der Waals surface area contributed by atoms with E-state index in [1.165, 1.54) is 18.2 Å². The third-order valence-electron chi connectivity index (χ3n) is 2.30. The van der Waals surface area contributed by atoms with Crippen LogP contribution in [0.2, 0.25) is 0 Å². The summed E-state index contributed by atoms with van der Waals surface area (Å²) in [5.74, 6) is -0.638. The van der Waals surface area contributed by atoms with Gasteiger partial charge in [-0.25, -0.2) is 9.18 Å². The number of primary amides is 1. The van der Waals surface area contributed by atoms with Crippen LogP contribution in [0, 0.1) is 5.82 Å². The number of nitrogens with zero attached hydrogens (tertiary/aromatic N) is 1. The second-order valence-corrected chi connectivity index (χ2v) is 3.64. The summed E-state index contributed by atoms with van der Waals surface area (Å²) in [6.45, 7) is 0.716. The van der Waals surface area contributed by atoms with Gasteiger partial charge in [0.25, 0.3) is 0 Å². The highest BCUT2D eigenvalue weighted by Crippen LogP contribution is 2.10. The molecule has 0 aliphatic heterocycles. The Bertz CT molecular complexity index is 479. The Balaban J connectivity index is 2.49. The van der Waals surface area contributed by atoms with Gasteiger partial charge in [-0.1, -0.05) is 17.3 Å². The van der Waals surface area contributed by atoms with Gasteiger partial charge in [0.15, 0.2) is 5.84 Å². The summed E-state index contributed by atoms with van der Waals surface area (Å²) in [6, 6.07) is 4.23. The maximum absolute atomic E-state index is 13.6. The lowest BCUT2D eigenvalue weighted by atomic mass is 10.1. The highest BCUT2D eigenvalue weighted by Gasteiger charge is 2.06. The van der Waals surface area contributed by atoms with Crippen molar-refractivity contribution in [3.8, 4) is 0 Å². The van der Waals surface area contributed by atoms with E-state index in [0.717, 1.165) is 0 Å². The smallest absolute Gasteiger partial charge is 0.404 e. The Hall–Kier alpha value is -2.35. The predicted molar refractivity (Wildman–Crippen MR) is 66.2 cm³/mol. The number of hydrogen-bond donors (Lipinski definition) is 4. The van der Waals surface area contributed by atoms with E-state index in [1.54, 1.807) is 0 Å². The lowest BCUT2D eigenvalue weighted by Gasteiger charge is -2.07. The number of amides is 1. The van der Waals surface area contributed by atoms with Gasteiger partial charge < -0.3 is 26.7 Å². The van der Waals surface area contributed by atoms with Gasteiger partial charge in [0, 0.05) is 24.2 Å². The predicted octanol–water partition coefficient (Wildman–Crippen LogP) is 0.105. The van der Waals surface area contributed by atoms with Gasteiger partial charge in [-0.15, -0.1) is 0 Å². The average molecular weight is 270 g/mol. The van der Waals surface area contributed by atoms with Gasteiger partial charge in [0.05, 0.1) is 0 Å². The fraction of sp³-hybridized carbons (Fsp3) is 0.273. The van der Waals surface area contributed by atoms with Gasteiger partial charge in [-0.3, -0.25) is 0 Å². The monoisotopic (exact) mass is 270 g/mol. The number of nitrogens with two attached hydrogens (primary N) is 2. The van der Waals surface area contributed by atoms with Crippen molar-refractivity contribution in [3.05, 3.63) is 35.1 Å². The molecular weight excluding hydrogens is 255 g/mol. The standard InChI is InChI=1S/C11H15FN4O3/c12-9-5-7(10(13)16-18)1-2-8(9)6-15-3-4-19-11(14)17/h1-2,5,15,18H,3-4,6H2,(H2,13,16)(H2,14,17). The second-order valence-electron chi connectivity index (χ2n) is 3.64. The summed E-state index contributed by atoms with van der Waals surface area (Å²) in [6.07, 6.45) is -0.851. The molecule has 0 spiro atoms. The van der Waals surface area contributed by atoms with Crippen molar-refractivity contribution < 1.29 is 19.1 Å². The number of ether oxygens (including phenoxy) is 1. The molecular formula is C11H15FN4O3. The maximum Gasteiger partial charge on any atom is 0.404 e. The number of hydrogen-bond acceptors (Lipinski definition) is 5. The first-order valence-electron chi connectivity index (χ1n) is 5.44. The zero-order valence-corrected chi connectivity index (χ0v) is 10.1. The molecule has 1 aromatic rings. The number of halogens is 1. The number of carbonyl (C=O) groups excluding carboxylic acids is 1. The van der Waals surface area contributed by atoms with Crippen molar-refractivity contribution in [2.24, 2.45) is 16.6 Å². The molecule has 0 aliphatic carbocycles. The van der Waals surface area contributed by atoms with Crippen molar-refractivity contribution in [3.63, 3.8) is 0 Å². The van der Waals surface area contributed by atoms with Crippen LogP contribution in [0.1, 0.15) is 11.1 Å². The molecule has 1 aromatic carbocycles. The molecule has 1 rings (SSSR count). The molecule has 0 saturated heterocycles. The first-order chi connectivity index (χ1) is 9.04. The van der Waals surface area contributed by atoms with Gasteiger partial charge in [0.2, 0.25) is 0 Å². The molecule has 0 aromatic heterocycles. The van der Waals surface area contributed by atoms with Crippen molar-refractivity contribution in [1.82, 2.24) is 5.32 Å². The number of nitrogens with one attached hydrogen (secondary N) is 1. The zero-order valence-electron chi connectivity index (χ0n) is 10.1. The summed E-state index contributed by atoms with van der Waals surface area (Å²) < 4.78 is 18.1. The highest BCUT2D eigenvalue weighted by molar-refractivity contribution is 5.97. The quantitative estimate of drug-likeness (QED) is 0.192. The lowest BCUT2D eigenvalue weighted by Crippen LogP contribution is -2.23. The Morgan fingerprint density at radius 1 is 1.47 bits per heavy atom. The minimum absolute atomic E-state index is 0.110. The van der Waals surface area contributed by atoms with Crippen LogP contribution in [-0.2, 0) is 11.3 Å². The number of amidine groups is 1. The van der Waals surface area contributed by atoms with Crippen molar-refractivity contribution in [2.75, 3.05) is 13.2 Å². The number of oxime groups is 1. The maximum atomic E-state index is 13.6. The molecule has 0 fully saturated rings. The first-order valence-corrected chi connectivity index (χ1v) is 5.44. The highest BCUT2D eigenvalue weighted by atomic mass is 19.1. The molecule has 0 atom stereocenters. The largest absolute Gasteiger partial charge is 0.448 e. The molecule has 0 unspecified atom stereocenters. The molecule has 6 N–H and O–H groups in total. The van der Waals surface area contributed by atoms with Crippen molar-refractivity contribution in [2.45, 2.75) is 6.54 Å². The fourth-order valence-corrected chi connectivity index (χ4v) is 1.35. The average Bonchev–Trinajstić information content (AvgIpc) is 2.38. The van der Waals surface area contributed by atoms with Gasteiger partial charge in [-0.2, -0.15) is 0 Å². The van der Waals surface area contributed by atoms with E-state index >= 15 is 0 Å². The molecule has 1 amide bonds. The minimum Gasteiger partial charge on any atom is -0.448 e. The van der Waals surface area contributed by atoms with Crippen LogP contribution < -0.4 is 16.8 Å². The Morgan fingerprint density at radius 3 is 2.79 bits per heavy atom. The number of benzene rings is 1. The van der Waals surface area contributed by atoms with Crippen LogP contribution in [0.4, 0.5) is 9.18 Å². The van der Waals surface area contributed by atoms with Crippen LogP contribution in [0.15, 0.2) is 23.4 Å². The molecule has 0 aliphatic rings. The number of rotatable bonds is 6. The summed E-state index contributed by atoms with van der Waals surface area (Å²) in [4.78, 5) is 10.3. The van der Waals surface area contributed by atoms with E-state index in [0.29, 0.717) is 17.7 Å². The third kappa shape index (κ3) is 4.80. The molecule has 0 heterocycles. The van der Waals surface area contributed by atoms with E-state index in [1.807, 2.05) is 0 Å².